The van der Waals surface area contributed by atoms with Crippen molar-refractivity contribution in [2.75, 3.05) is 19.0 Å². The third kappa shape index (κ3) is 5.81. The highest BCUT2D eigenvalue weighted by molar-refractivity contribution is 8.78. The molecule has 1 heterocycles. The number of allylic oxidation sites excluding steroid dienone is 1. The highest BCUT2D eigenvalue weighted by Crippen LogP contribution is 2.35. The Morgan fingerprint density at radius 3 is 3.06 bits per heavy atom. The van der Waals surface area contributed by atoms with Crippen LogP contribution < -0.4 is 5.32 Å². The SMILES string of the molecule is CC(NC=O)=C(CCO)SSCC1CCCO1. The van der Waals surface area contributed by atoms with Crippen LogP contribution in [0.4, 0.5) is 0 Å². The Morgan fingerprint density at radius 2 is 2.47 bits per heavy atom. The van der Waals surface area contributed by atoms with Gasteiger partial charge in [-0.2, -0.15) is 0 Å². The summed E-state index contributed by atoms with van der Waals surface area (Å²) in [5.74, 6) is 0.952. The molecule has 0 saturated carbocycles. The van der Waals surface area contributed by atoms with Gasteiger partial charge in [-0.25, -0.2) is 0 Å². The van der Waals surface area contributed by atoms with Gasteiger partial charge in [0.05, 0.1) is 6.10 Å². The number of ether oxygens (including phenoxy) is 1. The van der Waals surface area contributed by atoms with E-state index in [1.54, 1.807) is 21.6 Å². The fourth-order valence-corrected chi connectivity index (χ4v) is 4.21. The molecule has 98 valence electrons. The van der Waals surface area contributed by atoms with Crippen LogP contribution in [0.5, 0.6) is 0 Å². The van der Waals surface area contributed by atoms with Crippen LogP contribution in [0.1, 0.15) is 26.2 Å². The summed E-state index contributed by atoms with van der Waals surface area (Å²) in [6.45, 7) is 2.82. The smallest absolute Gasteiger partial charge is 0.211 e. The maximum Gasteiger partial charge on any atom is 0.211 e. The number of carbonyl (C=O) groups is 1. The molecule has 1 saturated heterocycles. The first-order valence-electron chi connectivity index (χ1n) is 5.69. The minimum Gasteiger partial charge on any atom is -0.396 e. The maximum absolute atomic E-state index is 10.4. The van der Waals surface area contributed by atoms with Crippen molar-refractivity contribution in [3.05, 3.63) is 10.6 Å². The summed E-state index contributed by atoms with van der Waals surface area (Å²) < 4.78 is 5.53. The monoisotopic (exact) mass is 277 g/mol. The second-order valence-corrected chi connectivity index (χ2v) is 6.22. The average Bonchev–Trinajstić information content (AvgIpc) is 2.81. The Bertz CT molecular complexity index is 265. The number of hydrogen-bond donors (Lipinski definition) is 2. The molecular formula is C11H19NO3S2. The molecule has 0 bridgehead atoms. The summed E-state index contributed by atoms with van der Waals surface area (Å²) in [5, 5.41) is 11.6. The van der Waals surface area contributed by atoms with Crippen molar-refractivity contribution < 1.29 is 14.6 Å². The zero-order valence-corrected chi connectivity index (χ0v) is 11.6. The van der Waals surface area contributed by atoms with Gasteiger partial charge in [-0.3, -0.25) is 4.79 Å². The van der Waals surface area contributed by atoms with E-state index in [4.69, 9.17) is 9.84 Å². The molecule has 1 atom stereocenters. The van der Waals surface area contributed by atoms with Crippen LogP contribution in [0.3, 0.4) is 0 Å². The highest BCUT2D eigenvalue weighted by Gasteiger charge is 2.16. The van der Waals surface area contributed by atoms with Crippen LogP contribution in [-0.4, -0.2) is 36.6 Å². The first-order valence-corrected chi connectivity index (χ1v) is 8.01. The highest BCUT2D eigenvalue weighted by atomic mass is 33.1. The van der Waals surface area contributed by atoms with Gasteiger partial charge in [-0.1, -0.05) is 21.6 Å². The quantitative estimate of drug-likeness (QED) is 0.524. The number of nitrogens with one attached hydrogen (secondary N) is 1. The zero-order chi connectivity index (χ0) is 12.5. The molecule has 0 aromatic heterocycles. The standard InChI is InChI=1S/C11H19NO3S2/c1-9(12-8-14)11(4-5-13)17-16-7-10-3-2-6-15-10/h8,10,13H,2-7H2,1H3,(H,12,14). The minimum atomic E-state index is 0.0979. The van der Waals surface area contributed by atoms with Crippen molar-refractivity contribution in [2.24, 2.45) is 0 Å². The van der Waals surface area contributed by atoms with E-state index in [-0.39, 0.29) is 6.61 Å². The summed E-state index contributed by atoms with van der Waals surface area (Å²) in [6, 6.07) is 0. The van der Waals surface area contributed by atoms with E-state index < -0.39 is 0 Å². The Kier molecular flexibility index (Phi) is 7.75. The third-order valence-electron chi connectivity index (χ3n) is 2.47. The molecule has 1 rings (SSSR count). The summed E-state index contributed by atoms with van der Waals surface area (Å²) >= 11 is 0. The van der Waals surface area contributed by atoms with Gasteiger partial charge in [0.25, 0.3) is 0 Å². The molecule has 6 heteroatoms. The van der Waals surface area contributed by atoms with Crippen molar-refractivity contribution in [1.82, 2.24) is 5.32 Å². The van der Waals surface area contributed by atoms with Crippen LogP contribution >= 0.6 is 21.6 Å². The molecule has 1 amide bonds. The molecule has 1 aliphatic rings. The first kappa shape index (κ1) is 14.9. The van der Waals surface area contributed by atoms with Gasteiger partial charge >= 0.3 is 0 Å². The van der Waals surface area contributed by atoms with Crippen molar-refractivity contribution in [3.63, 3.8) is 0 Å². The Labute approximate surface area is 110 Å². The number of amides is 1. The summed E-state index contributed by atoms with van der Waals surface area (Å²) in [7, 11) is 3.34. The molecule has 0 spiro atoms. The van der Waals surface area contributed by atoms with Crippen molar-refractivity contribution in [3.8, 4) is 0 Å². The lowest BCUT2D eigenvalue weighted by Gasteiger charge is -2.11. The Balaban J connectivity index is 2.32. The van der Waals surface area contributed by atoms with Gasteiger partial charge < -0.3 is 15.2 Å². The van der Waals surface area contributed by atoms with E-state index in [9.17, 15) is 4.79 Å². The molecule has 0 aromatic carbocycles. The molecule has 0 radical (unpaired) electrons. The second kappa shape index (κ2) is 8.85. The molecule has 1 aliphatic heterocycles. The predicted octanol–water partition coefficient (Wildman–Crippen LogP) is 1.91. The molecule has 17 heavy (non-hydrogen) atoms. The largest absolute Gasteiger partial charge is 0.396 e. The van der Waals surface area contributed by atoms with E-state index in [0.717, 1.165) is 35.8 Å². The summed E-state index contributed by atoms with van der Waals surface area (Å²) in [4.78, 5) is 11.4. The lowest BCUT2D eigenvalue weighted by atomic mass is 10.3. The molecule has 1 fully saturated rings. The van der Waals surface area contributed by atoms with Gasteiger partial charge in [-0.15, -0.1) is 0 Å². The summed E-state index contributed by atoms with van der Waals surface area (Å²) in [5.41, 5.74) is 0.818. The van der Waals surface area contributed by atoms with Gasteiger partial charge in [0.1, 0.15) is 0 Å². The molecule has 0 aliphatic carbocycles. The predicted molar refractivity (Wildman–Crippen MR) is 72.6 cm³/mol. The molecule has 4 nitrogen and oxygen atoms in total. The average molecular weight is 277 g/mol. The number of carbonyl (C=O) groups excluding carboxylic acids is 1. The molecule has 0 aromatic rings. The molecule has 2 N–H and O–H groups in total. The second-order valence-electron chi connectivity index (χ2n) is 3.79. The Morgan fingerprint density at radius 1 is 1.65 bits per heavy atom. The van der Waals surface area contributed by atoms with E-state index in [0.29, 0.717) is 18.9 Å². The Hall–Kier alpha value is -0.170. The number of rotatable bonds is 8. The maximum atomic E-state index is 10.4. The lowest BCUT2D eigenvalue weighted by molar-refractivity contribution is -0.108. The zero-order valence-electron chi connectivity index (χ0n) is 9.98. The van der Waals surface area contributed by atoms with Crippen LogP contribution in [0.2, 0.25) is 0 Å². The fraction of sp³-hybridized carbons (Fsp3) is 0.727. The molecular weight excluding hydrogens is 258 g/mol. The number of aliphatic hydroxyl groups is 1. The van der Waals surface area contributed by atoms with Gasteiger partial charge in [0, 0.05) is 36.0 Å². The number of hydrogen-bond acceptors (Lipinski definition) is 5. The lowest BCUT2D eigenvalue weighted by Crippen LogP contribution is -2.10. The van der Waals surface area contributed by atoms with Crippen LogP contribution in [0.15, 0.2) is 10.6 Å². The van der Waals surface area contributed by atoms with E-state index in [1.165, 1.54) is 0 Å². The van der Waals surface area contributed by atoms with E-state index >= 15 is 0 Å². The van der Waals surface area contributed by atoms with Crippen LogP contribution in [0, 0.1) is 0 Å². The number of aliphatic hydroxyl groups excluding tert-OH is 1. The van der Waals surface area contributed by atoms with Crippen molar-refractivity contribution in [1.29, 1.82) is 0 Å². The van der Waals surface area contributed by atoms with E-state index in [1.807, 2.05) is 6.92 Å². The minimum absolute atomic E-state index is 0.0979. The van der Waals surface area contributed by atoms with Crippen molar-refractivity contribution >= 4 is 28.0 Å². The topological polar surface area (TPSA) is 58.6 Å². The van der Waals surface area contributed by atoms with Crippen molar-refractivity contribution in [2.45, 2.75) is 32.3 Å². The van der Waals surface area contributed by atoms with Gasteiger partial charge in [0.2, 0.25) is 6.41 Å². The normalized spacial score (nSPS) is 21.2. The fourth-order valence-electron chi connectivity index (χ4n) is 1.52. The van der Waals surface area contributed by atoms with Gasteiger partial charge in [-0.05, 0) is 19.8 Å². The van der Waals surface area contributed by atoms with Gasteiger partial charge in [0.15, 0.2) is 0 Å². The first-order chi connectivity index (χ1) is 8.27. The summed E-state index contributed by atoms with van der Waals surface area (Å²) in [6.07, 6.45) is 3.90. The van der Waals surface area contributed by atoms with Crippen LogP contribution in [-0.2, 0) is 9.53 Å². The van der Waals surface area contributed by atoms with E-state index in [2.05, 4.69) is 5.32 Å². The molecule has 1 unspecified atom stereocenters. The third-order valence-corrected chi connectivity index (χ3v) is 5.17. The van der Waals surface area contributed by atoms with Crippen LogP contribution in [0.25, 0.3) is 0 Å².